The highest BCUT2D eigenvalue weighted by atomic mass is 19.3. The van der Waals surface area contributed by atoms with Gasteiger partial charge in [-0.25, -0.2) is 13.8 Å². The number of aliphatic hydroxyl groups is 1. The summed E-state index contributed by atoms with van der Waals surface area (Å²) >= 11 is 0. The standard InChI is InChI=1S/C24H25F2N5O2/c1-29-21-20(31(23(29)33)13-18-9-24(18,25)26)5-4-19(28-21)15-7-16-11-30(12-17(16)8-15)22(32)14-3-2-6-27-10-14/h2-7,10,16-18,23,33H,8-9,11-13H2,1H3. The Morgan fingerprint density at radius 1 is 1.27 bits per heavy atom. The minimum atomic E-state index is -2.63. The van der Waals surface area contributed by atoms with Crippen LogP contribution in [0.1, 0.15) is 28.9 Å². The predicted molar refractivity (Wildman–Crippen MR) is 119 cm³/mol. The first-order valence-corrected chi connectivity index (χ1v) is 11.3. The number of carbonyl (C=O) groups excluding carboxylic acids is 1. The van der Waals surface area contributed by atoms with Crippen LogP contribution in [0.5, 0.6) is 0 Å². The van der Waals surface area contributed by atoms with Gasteiger partial charge in [-0.3, -0.25) is 9.78 Å². The molecule has 2 fully saturated rings. The van der Waals surface area contributed by atoms with E-state index in [2.05, 4.69) is 11.1 Å². The number of halogens is 2. The number of aliphatic hydroxyl groups excluding tert-OH is 1. The second kappa shape index (κ2) is 7.21. The lowest BCUT2D eigenvalue weighted by atomic mass is 9.99. The number of amides is 1. The van der Waals surface area contributed by atoms with Crippen molar-refractivity contribution in [2.24, 2.45) is 17.8 Å². The number of likely N-dealkylation sites (tertiary alicyclic amines) is 1. The fourth-order valence-electron chi connectivity index (χ4n) is 5.38. The van der Waals surface area contributed by atoms with Crippen LogP contribution in [0, 0.1) is 17.8 Å². The largest absolute Gasteiger partial charge is 0.356 e. The molecule has 2 aliphatic heterocycles. The quantitative estimate of drug-likeness (QED) is 0.768. The van der Waals surface area contributed by atoms with E-state index in [0.29, 0.717) is 36.1 Å². The summed E-state index contributed by atoms with van der Waals surface area (Å²) in [5, 5.41) is 10.6. The zero-order valence-electron chi connectivity index (χ0n) is 18.2. The third-order valence-electron chi connectivity index (χ3n) is 7.41. The van der Waals surface area contributed by atoms with Crippen molar-refractivity contribution in [2.45, 2.75) is 25.1 Å². The Morgan fingerprint density at radius 3 is 2.79 bits per heavy atom. The summed E-state index contributed by atoms with van der Waals surface area (Å²) in [5.74, 6) is -2.09. The Morgan fingerprint density at radius 2 is 2.09 bits per heavy atom. The molecular weight excluding hydrogens is 428 g/mol. The zero-order valence-corrected chi connectivity index (χ0v) is 18.2. The third-order valence-corrected chi connectivity index (χ3v) is 7.41. The van der Waals surface area contributed by atoms with Crippen LogP contribution in [0.2, 0.25) is 0 Å². The summed E-state index contributed by atoms with van der Waals surface area (Å²) < 4.78 is 26.9. The molecule has 172 valence electrons. The number of allylic oxidation sites excluding steroid dienone is 1. The van der Waals surface area contributed by atoms with Crippen LogP contribution in [-0.4, -0.2) is 64.8 Å². The lowest BCUT2D eigenvalue weighted by Gasteiger charge is -2.25. The van der Waals surface area contributed by atoms with Crippen molar-refractivity contribution in [1.82, 2.24) is 14.9 Å². The van der Waals surface area contributed by atoms with Crippen molar-refractivity contribution in [1.29, 1.82) is 0 Å². The van der Waals surface area contributed by atoms with Crippen molar-refractivity contribution >= 4 is 23.0 Å². The summed E-state index contributed by atoms with van der Waals surface area (Å²) in [7, 11) is 1.73. The molecule has 0 aromatic carbocycles. The Bertz CT molecular complexity index is 1140. The van der Waals surface area contributed by atoms with Gasteiger partial charge in [0, 0.05) is 51.4 Å². The van der Waals surface area contributed by atoms with Gasteiger partial charge < -0.3 is 19.8 Å². The first-order chi connectivity index (χ1) is 15.8. The number of alkyl halides is 2. The maximum Gasteiger partial charge on any atom is 0.255 e. The Balaban J connectivity index is 1.18. The number of carbonyl (C=O) groups is 1. The molecule has 1 saturated heterocycles. The van der Waals surface area contributed by atoms with Crippen LogP contribution in [0.25, 0.3) is 5.57 Å². The van der Waals surface area contributed by atoms with Gasteiger partial charge in [-0.15, -0.1) is 0 Å². The van der Waals surface area contributed by atoms with E-state index in [9.17, 15) is 18.7 Å². The molecule has 7 nitrogen and oxygen atoms in total. The number of fused-ring (bicyclic) bond motifs is 2. The van der Waals surface area contributed by atoms with E-state index < -0.39 is 18.2 Å². The van der Waals surface area contributed by atoms with Crippen molar-refractivity contribution in [3.63, 3.8) is 0 Å². The normalized spacial score (nSPS) is 29.2. The molecule has 4 aliphatic rings. The number of anilines is 2. The summed E-state index contributed by atoms with van der Waals surface area (Å²) in [5.41, 5.74) is 3.27. The molecule has 2 aliphatic carbocycles. The average molecular weight is 453 g/mol. The van der Waals surface area contributed by atoms with Gasteiger partial charge in [0.2, 0.25) is 6.35 Å². The van der Waals surface area contributed by atoms with Crippen molar-refractivity contribution in [3.8, 4) is 0 Å². The van der Waals surface area contributed by atoms with Crippen LogP contribution < -0.4 is 9.80 Å². The van der Waals surface area contributed by atoms with E-state index in [-0.39, 0.29) is 24.8 Å². The molecule has 2 aromatic heterocycles. The molecule has 33 heavy (non-hydrogen) atoms. The molecule has 1 N–H and O–H groups in total. The lowest BCUT2D eigenvalue weighted by Crippen LogP contribution is -2.42. The van der Waals surface area contributed by atoms with E-state index in [1.807, 2.05) is 17.0 Å². The first kappa shape index (κ1) is 20.5. The average Bonchev–Trinajstić information content (AvgIpc) is 3.12. The van der Waals surface area contributed by atoms with E-state index in [1.165, 1.54) is 0 Å². The molecule has 4 atom stereocenters. The highest BCUT2D eigenvalue weighted by molar-refractivity contribution is 5.94. The van der Waals surface area contributed by atoms with Crippen LogP contribution in [0.3, 0.4) is 0 Å². The zero-order chi connectivity index (χ0) is 22.9. The molecule has 6 rings (SSSR count). The number of nitrogens with zero attached hydrogens (tertiary/aromatic N) is 5. The number of pyridine rings is 2. The summed E-state index contributed by atoms with van der Waals surface area (Å²) in [6.07, 6.45) is 5.18. The van der Waals surface area contributed by atoms with Gasteiger partial charge in [-0.2, -0.15) is 0 Å². The Hall–Kier alpha value is -3.07. The molecule has 2 aromatic rings. The van der Waals surface area contributed by atoms with Gasteiger partial charge in [0.15, 0.2) is 5.82 Å². The third kappa shape index (κ3) is 3.37. The molecule has 9 heteroatoms. The lowest BCUT2D eigenvalue weighted by molar-refractivity contribution is 0.0784. The molecular formula is C24H25F2N5O2. The summed E-state index contributed by atoms with van der Waals surface area (Å²) in [4.78, 5) is 26.7. The van der Waals surface area contributed by atoms with Gasteiger partial charge in [0.1, 0.15) is 0 Å². The highest BCUT2D eigenvalue weighted by Gasteiger charge is 2.58. The van der Waals surface area contributed by atoms with Gasteiger partial charge in [-0.05, 0) is 48.1 Å². The minimum Gasteiger partial charge on any atom is -0.356 e. The van der Waals surface area contributed by atoms with Crippen LogP contribution in [0.15, 0.2) is 42.7 Å². The van der Waals surface area contributed by atoms with Gasteiger partial charge >= 0.3 is 0 Å². The molecule has 4 unspecified atom stereocenters. The van der Waals surface area contributed by atoms with Crippen LogP contribution in [0.4, 0.5) is 20.3 Å². The maximum absolute atomic E-state index is 13.4. The smallest absolute Gasteiger partial charge is 0.255 e. The monoisotopic (exact) mass is 453 g/mol. The van der Waals surface area contributed by atoms with Gasteiger partial charge in [-0.1, -0.05) is 6.08 Å². The molecule has 0 radical (unpaired) electrons. The first-order valence-electron chi connectivity index (χ1n) is 11.3. The minimum absolute atomic E-state index is 0.0139. The number of hydrogen-bond acceptors (Lipinski definition) is 6. The van der Waals surface area contributed by atoms with Crippen LogP contribution >= 0.6 is 0 Å². The molecule has 1 amide bonds. The number of hydrogen-bond donors (Lipinski definition) is 1. The molecule has 4 heterocycles. The van der Waals surface area contributed by atoms with Crippen LogP contribution in [-0.2, 0) is 0 Å². The second-order valence-electron chi connectivity index (χ2n) is 9.58. The van der Waals surface area contributed by atoms with E-state index in [4.69, 9.17) is 4.98 Å². The Kier molecular flexibility index (Phi) is 4.49. The van der Waals surface area contributed by atoms with Crippen molar-refractivity contribution in [2.75, 3.05) is 36.5 Å². The van der Waals surface area contributed by atoms with E-state index in [0.717, 1.165) is 17.7 Å². The van der Waals surface area contributed by atoms with Crippen molar-refractivity contribution < 1.29 is 18.7 Å². The second-order valence-corrected chi connectivity index (χ2v) is 9.58. The highest BCUT2D eigenvalue weighted by Crippen LogP contribution is 2.51. The van der Waals surface area contributed by atoms with Crippen molar-refractivity contribution in [3.05, 3.63) is 54.0 Å². The number of rotatable bonds is 4. The fraction of sp³-hybridized carbons (Fsp3) is 0.458. The molecule has 0 bridgehead atoms. The molecule has 0 spiro atoms. The summed E-state index contributed by atoms with van der Waals surface area (Å²) in [6.45, 7) is 1.49. The number of aromatic nitrogens is 2. The SMILES string of the molecule is CN1c2nc(C3=CC4CN(C(=O)c5cccnc5)CC4C3)ccc2N(CC2CC2(F)F)C1O. The topological polar surface area (TPSA) is 72.8 Å². The van der Waals surface area contributed by atoms with Gasteiger partial charge in [0.25, 0.3) is 11.8 Å². The fourth-order valence-corrected chi connectivity index (χ4v) is 5.38. The molecule has 1 saturated carbocycles. The van der Waals surface area contributed by atoms with E-state index in [1.54, 1.807) is 41.4 Å². The predicted octanol–water partition coefficient (Wildman–Crippen LogP) is 2.84. The summed E-state index contributed by atoms with van der Waals surface area (Å²) in [6, 6.07) is 7.34. The van der Waals surface area contributed by atoms with E-state index >= 15 is 0 Å². The Labute approximate surface area is 190 Å². The van der Waals surface area contributed by atoms with Gasteiger partial charge in [0.05, 0.1) is 16.9 Å². The maximum atomic E-state index is 13.4.